The molecule has 0 saturated carbocycles. The lowest BCUT2D eigenvalue weighted by Crippen LogP contribution is -2.36. The van der Waals surface area contributed by atoms with Gasteiger partial charge in [0, 0.05) is 29.5 Å². The van der Waals surface area contributed by atoms with Crippen LogP contribution in [0.5, 0.6) is 0 Å². The first-order valence-electron chi connectivity index (χ1n) is 5.24. The molecule has 0 radical (unpaired) electrons. The van der Waals surface area contributed by atoms with Crippen LogP contribution in [0.4, 0.5) is 4.39 Å². The van der Waals surface area contributed by atoms with E-state index in [1.165, 1.54) is 22.7 Å². The van der Waals surface area contributed by atoms with Crippen LogP contribution in [0.1, 0.15) is 5.69 Å². The Bertz CT molecular complexity index is 730. The van der Waals surface area contributed by atoms with E-state index in [1.807, 2.05) is 0 Å². The molecule has 20 heavy (non-hydrogen) atoms. The third-order valence-corrected chi connectivity index (χ3v) is 4.26. The molecule has 10 heteroatoms. The highest BCUT2D eigenvalue weighted by molar-refractivity contribution is 7.54. The quantitative estimate of drug-likeness (QED) is 0.735. The second-order valence-electron chi connectivity index (χ2n) is 4.11. The number of aromatic nitrogens is 2. The third kappa shape index (κ3) is 2.43. The van der Waals surface area contributed by atoms with Crippen molar-refractivity contribution in [3.63, 3.8) is 0 Å². The van der Waals surface area contributed by atoms with E-state index in [2.05, 4.69) is 4.98 Å². The molecule has 0 aliphatic rings. The van der Waals surface area contributed by atoms with Crippen LogP contribution in [0.25, 0.3) is 5.65 Å². The topological polar surface area (TPSA) is 112 Å². The summed E-state index contributed by atoms with van der Waals surface area (Å²) in [5.41, 5.74) is 0.316. The highest BCUT2D eigenvalue weighted by atomic mass is 35.5. The first kappa shape index (κ1) is 14.9. The fourth-order valence-corrected chi connectivity index (χ4v) is 2.45. The zero-order valence-corrected chi connectivity index (χ0v) is 11.4. The van der Waals surface area contributed by atoms with Gasteiger partial charge in [-0.2, -0.15) is 0 Å². The lowest BCUT2D eigenvalue weighted by atomic mass is 10.2. The van der Waals surface area contributed by atoms with Gasteiger partial charge in [-0.15, -0.1) is 0 Å². The summed E-state index contributed by atoms with van der Waals surface area (Å²) in [6.45, 7) is 0. The maximum atomic E-state index is 14.2. The maximum absolute atomic E-state index is 14.2. The predicted molar refractivity (Wildman–Crippen MR) is 67.4 cm³/mol. The molecule has 0 amide bonds. The Labute approximate surface area is 116 Å². The zero-order valence-electron chi connectivity index (χ0n) is 9.77. The smallest absolute Gasteiger partial charge is 0.374 e. The fraction of sp³-hybridized carbons (Fsp3) is 0.200. The second-order valence-corrected chi connectivity index (χ2v) is 6.34. The molecule has 2 aromatic rings. The molecule has 2 aromatic heterocycles. The van der Waals surface area contributed by atoms with Gasteiger partial charge in [-0.25, -0.2) is 14.2 Å². The standard InChI is InChI=1S/C10H9ClFN2O5P/c11-6-1-2-14-7(5-13-8(14)3-6)4-10(12,9(15)16)20(17,18)19/h1-3,5H,4H2,(H,15,16)(H2,17,18,19). The van der Waals surface area contributed by atoms with Crippen molar-refractivity contribution in [3.05, 3.63) is 35.2 Å². The molecule has 0 spiro atoms. The first-order chi connectivity index (χ1) is 9.15. The van der Waals surface area contributed by atoms with Gasteiger partial charge in [0.15, 0.2) is 0 Å². The van der Waals surface area contributed by atoms with Gasteiger partial charge in [0.25, 0.3) is 0 Å². The summed E-state index contributed by atoms with van der Waals surface area (Å²) in [6.07, 6.45) is 1.52. The number of hydrogen-bond acceptors (Lipinski definition) is 3. The molecule has 0 aromatic carbocycles. The SMILES string of the molecule is O=C(O)C(F)(Cc1cnc2cc(Cl)ccn12)P(=O)(O)O. The summed E-state index contributed by atoms with van der Waals surface area (Å²) in [7, 11) is -5.51. The zero-order chi connectivity index (χ0) is 15.1. The molecular formula is C10H9ClFN2O5P. The van der Waals surface area contributed by atoms with E-state index in [0.717, 1.165) is 6.20 Å². The highest BCUT2D eigenvalue weighted by Crippen LogP contribution is 2.53. The van der Waals surface area contributed by atoms with E-state index in [0.29, 0.717) is 10.7 Å². The summed E-state index contributed by atoms with van der Waals surface area (Å²) < 4.78 is 26.6. The average molecular weight is 323 g/mol. The number of halogens is 2. The van der Waals surface area contributed by atoms with Gasteiger partial charge in [-0.1, -0.05) is 11.6 Å². The van der Waals surface area contributed by atoms with Crippen molar-refractivity contribution in [3.8, 4) is 0 Å². The summed E-state index contributed by atoms with van der Waals surface area (Å²) in [5, 5.41) is 5.43. The number of carboxylic acid groups (broad SMARTS) is 1. The Morgan fingerprint density at radius 1 is 1.55 bits per heavy atom. The van der Waals surface area contributed by atoms with Crippen molar-refractivity contribution in [2.24, 2.45) is 0 Å². The molecule has 1 atom stereocenters. The Morgan fingerprint density at radius 2 is 2.20 bits per heavy atom. The summed E-state index contributed by atoms with van der Waals surface area (Å²) in [6, 6.07) is 2.90. The van der Waals surface area contributed by atoms with E-state index in [9.17, 15) is 13.8 Å². The molecule has 0 saturated heterocycles. The molecule has 3 N–H and O–H groups in total. The molecule has 2 heterocycles. The average Bonchev–Trinajstić information content (AvgIpc) is 2.69. The fourth-order valence-electron chi connectivity index (χ4n) is 1.68. The Kier molecular flexibility index (Phi) is 3.60. The second kappa shape index (κ2) is 4.82. The highest BCUT2D eigenvalue weighted by Gasteiger charge is 2.55. The van der Waals surface area contributed by atoms with Crippen molar-refractivity contribution in [1.82, 2.24) is 9.38 Å². The molecule has 0 aliphatic heterocycles. The van der Waals surface area contributed by atoms with Crippen LogP contribution in [0.3, 0.4) is 0 Å². The van der Waals surface area contributed by atoms with Crippen molar-refractivity contribution in [2.75, 3.05) is 0 Å². The van der Waals surface area contributed by atoms with Crippen molar-refractivity contribution in [2.45, 2.75) is 11.8 Å². The number of pyridine rings is 1. The summed E-state index contributed by atoms with van der Waals surface area (Å²) in [4.78, 5) is 32.6. The van der Waals surface area contributed by atoms with E-state index in [-0.39, 0.29) is 5.69 Å². The molecule has 2 rings (SSSR count). The molecule has 108 valence electrons. The van der Waals surface area contributed by atoms with Crippen LogP contribution < -0.4 is 0 Å². The molecule has 0 bridgehead atoms. The number of nitrogens with zero attached hydrogens (tertiary/aromatic N) is 2. The van der Waals surface area contributed by atoms with Crippen LogP contribution in [0, 0.1) is 0 Å². The normalized spacial score (nSPS) is 15.2. The maximum Gasteiger partial charge on any atom is 0.374 e. The van der Waals surface area contributed by atoms with Crippen LogP contribution in [0.2, 0.25) is 5.02 Å². The van der Waals surface area contributed by atoms with Crippen molar-refractivity contribution in [1.29, 1.82) is 0 Å². The van der Waals surface area contributed by atoms with E-state index >= 15 is 0 Å². The van der Waals surface area contributed by atoms with E-state index < -0.39 is 25.4 Å². The number of hydrogen-bond donors (Lipinski definition) is 3. The number of aliphatic carboxylic acids is 1. The predicted octanol–water partition coefficient (Wildman–Crippen LogP) is 1.46. The minimum Gasteiger partial charge on any atom is -0.478 e. The molecular weight excluding hydrogens is 314 g/mol. The number of carboxylic acids is 1. The van der Waals surface area contributed by atoms with E-state index in [4.69, 9.17) is 26.5 Å². The Morgan fingerprint density at radius 3 is 2.75 bits per heavy atom. The van der Waals surface area contributed by atoms with Gasteiger partial charge in [0.2, 0.25) is 0 Å². The van der Waals surface area contributed by atoms with Crippen molar-refractivity contribution < 1.29 is 28.6 Å². The number of carbonyl (C=O) groups is 1. The van der Waals surface area contributed by atoms with Crippen LogP contribution in [-0.2, 0) is 15.8 Å². The molecule has 0 fully saturated rings. The molecule has 1 unspecified atom stereocenters. The summed E-state index contributed by atoms with van der Waals surface area (Å²) >= 11 is 5.74. The number of fused-ring (bicyclic) bond motifs is 1. The van der Waals surface area contributed by atoms with Gasteiger partial charge in [-0.3, -0.25) is 4.57 Å². The Balaban J connectivity index is 2.50. The lowest BCUT2D eigenvalue weighted by molar-refractivity contribution is -0.146. The Hall–Kier alpha value is -1.47. The third-order valence-electron chi connectivity index (χ3n) is 2.76. The molecule has 0 aliphatic carbocycles. The number of rotatable bonds is 4. The van der Waals surface area contributed by atoms with Gasteiger partial charge in [0.1, 0.15) is 5.65 Å². The van der Waals surface area contributed by atoms with E-state index in [1.54, 1.807) is 0 Å². The van der Waals surface area contributed by atoms with Crippen LogP contribution in [-0.4, -0.2) is 35.7 Å². The number of imidazole rings is 1. The van der Waals surface area contributed by atoms with Crippen LogP contribution in [0.15, 0.2) is 24.5 Å². The lowest BCUT2D eigenvalue weighted by Gasteiger charge is -2.21. The van der Waals surface area contributed by atoms with Crippen molar-refractivity contribution >= 4 is 30.8 Å². The van der Waals surface area contributed by atoms with Gasteiger partial charge < -0.3 is 19.3 Å². The monoisotopic (exact) mass is 322 g/mol. The first-order valence-corrected chi connectivity index (χ1v) is 7.23. The minimum absolute atomic E-state index is 0.00453. The summed E-state index contributed by atoms with van der Waals surface area (Å²) in [5.74, 6) is -2.23. The van der Waals surface area contributed by atoms with Gasteiger partial charge >= 0.3 is 19.0 Å². The molecule has 7 nitrogen and oxygen atoms in total. The minimum atomic E-state index is -5.51. The van der Waals surface area contributed by atoms with Gasteiger partial charge in [-0.05, 0) is 12.1 Å². The largest absolute Gasteiger partial charge is 0.478 e. The number of alkyl halides is 1. The van der Waals surface area contributed by atoms with Gasteiger partial charge in [0.05, 0.1) is 0 Å². The van der Waals surface area contributed by atoms with Crippen LogP contribution >= 0.6 is 19.2 Å².